The van der Waals surface area contributed by atoms with Crippen molar-refractivity contribution in [1.29, 1.82) is 0 Å². The maximum absolute atomic E-state index is 12.5. The van der Waals surface area contributed by atoms with Crippen LogP contribution in [0.4, 0.5) is 16.2 Å². The molecule has 1 saturated heterocycles. The molecule has 3 aromatic rings. The Morgan fingerprint density at radius 2 is 1.62 bits per heavy atom. The molecule has 7 heteroatoms. The molecule has 0 bridgehead atoms. The van der Waals surface area contributed by atoms with Gasteiger partial charge in [0.05, 0.1) is 11.0 Å². The van der Waals surface area contributed by atoms with Gasteiger partial charge < -0.3 is 15.0 Å². The van der Waals surface area contributed by atoms with Crippen LogP contribution in [0.3, 0.4) is 0 Å². The van der Waals surface area contributed by atoms with E-state index in [9.17, 15) is 14.9 Å². The van der Waals surface area contributed by atoms with Gasteiger partial charge in [-0.15, -0.1) is 0 Å². The maximum atomic E-state index is 12.5. The molecule has 0 saturated carbocycles. The van der Waals surface area contributed by atoms with E-state index >= 15 is 0 Å². The number of fused-ring (bicyclic) bond motifs is 3. The Morgan fingerprint density at radius 3 is 2.31 bits per heavy atom. The molecule has 2 aliphatic rings. The number of anilines is 1. The second-order valence-electron chi connectivity index (χ2n) is 8.15. The van der Waals surface area contributed by atoms with E-state index in [1.165, 1.54) is 28.3 Å². The minimum atomic E-state index is -0.457. The van der Waals surface area contributed by atoms with Gasteiger partial charge in [0, 0.05) is 25.1 Å². The fraction of sp³-hybridized carbons (Fsp3) is 0.240. The zero-order chi connectivity index (χ0) is 22.1. The van der Waals surface area contributed by atoms with Crippen LogP contribution in [0.1, 0.15) is 23.5 Å². The summed E-state index contributed by atoms with van der Waals surface area (Å²) in [7, 11) is 0. The number of rotatable bonds is 5. The van der Waals surface area contributed by atoms with Crippen molar-refractivity contribution in [2.75, 3.05) is 24.6 Å². The van der Waals surface area contributed by atoms with Crippen molar-refractivity contribution < 1.29 is 14.5 Å². The molecule has 1 aliphatic carbocycles. The number of benzene rings is 3. The number of alkyl carbamates (subject to hydrolysis) is 1. The van der Waals surface area contributed by atoms with Crippen LogP contribution in [-0.2, 0) is 4.74 Å². The molecule has 0 unspecified atom stereocenters. The summed E-state index contributed by atoms with van der Waals surface area (Å²) < 4.78 is 5.63. The number of hydrogen-bond acceptors (Lipinski definition) is 5. The van der Waals surface area contributed by atoms with Crippen molar-refractivity contribution >= 4 is 17.5 Å². The Bertz CT molecular complexity index is 1130. The van der Waals surface area contributed by atoms with E-state index < -0.39 is 6.09 Å². The van der Waals surface area contributed by atoms with E-state index in [0.29, 0.717) is 25.2 Å². The molecule has 1 heterocycles. The van der Waals surface area contributed by atoms with Crippen LogP contribution >= 0.6 is 0 Å². The average Bonchev–Trinajstić information content (AvgIpc) is 3.40. The second-order valence-corrected chi connectivity index (χ2v) is 8.15. The third kappa shape index (κ3) is 3.66. The monoisotopic (exact) mass is 429 g/mol. The lowest BCUT2D eigenvalue weighted by atomic mass is 9.98. The molecule has 1 amide bonds. The van der Waals surface area contributed by atoms with Crippen molar-refractivity contribution in [2.45, 2.75) is 18.4 Å². The van der Waals surface area contributed by atoms with Crippen molar-refractivity contribution in [3.8, 4) is 11.1 Å². The highest BCUT2D eigenvalue weighted by molar-refractivity contribution is 5.79. The number of carbonyl (C=O) groups is 1. The summed E-state index contributed by atoms with van der Waals surface area (Å²) >= 11 is 0. The third-order valence-electron chi connectivity index (χ3n) is 6.27. The van der Waals surface area contributed by atoms with Gasteiger partial charge in [0.2, 0.25) is 0 Å². The van der Waals surface area contributed by atoms with Gasteiger partial charge in [-0.25, -0.2) is 4.79 Å². The summed E-state index contributed by atoms with van der Waals surface area (Å²) in [5, 5.41) is 14.2. The first-order chi connectivity index (χ1) is 15.6. The smallest absolute Gasteiger partial charge is 0.407 e. The van der Waals surface area contributed by atoms with Crippen LogP contribution in [0, 0.1) is 10.1 Å². The normalized spacial score (nSPS) is 17.0. The lowest BCUT2D eigenvalue weighted by molar-refractivity contribution is -0.384. The van der Waals surface area contributed by atoms with Gasteiger partial charge in [-0.3, -0.25) is 10.1 Å². The number of carbonyl (C=O) groups excluding carboxylic acids is 1. The first-order valence-electron chi connectivity index (χ1n) is 10.7. The highest BCUT2D eigenvalue weighted by Crippen LogP contribution is 2.44. The summed E-state index contributed by atoms with van der Waals surface area (Å²) in [6.45, 7) is 1.41. The molecule has 3 aromatic carbocycles. The largest absolute Gasteiger partial charge is 0.449 e. The standard InChI is InChI=1S/C25H23N3O4/c29-25(26-17-13-14-27(15-17)23-11-5-6-12-24(23)28(30)31)32-16-22-20-9-3-1-7-18(20)19-8-2-4-10-21(19)22/h1-12,17,22H,13-16H2,(H,26,29)/t17-/m0/s1. The van der Waals surface area contributed by atoms with Crippen molar-refractivity contribution in [1.82, 2.24) is 5.32 Å². The molecule has 0 spiro atoms. The lowest BCUT2D eigenvalue weighted by Gasteiger charge is -2.19. The fourth-order valence-electron chi connectivity index (χ4n) is 4.79. The van der Waals surface area contributed by atoms with Crippen LogP contribution in [0.15, 0.2) is 72.8 Å². The summed E-state index contributed by atoms with van der Waals surface area (Å²) in [4.78, 5) is 25.4. The van der Waals surface area contributed by atoms with Crippen LogP contribution in [0.2, 0.25) is 0 Å². The summed E-state index contributed by atoms with van der Waals surface area (Å²) in [5.74, 6) is 0.0141. The zero-order valence-electron chi connectivity index (χ0n) is 17.4. The van der Waals surface area contributed by atoms with E-state index in [2.05, 4.69) is 29.6 Å². The highest BCUT2D eigenvalue weighted by atomic mass is 16.6. The SMILES string of the molecule is O=C(N[C@H]1CCN(c2ccccc2[N+](=O)[O-])C1)OCC1c2ccccc2-c2ccccc21. The molecule has 7 nitrogen and oxygen atoms in total. The highest BCUT2D eigenvalue weighted by Gasteiger charge is 2.31. The first-order valence-corrected chi connectivity index (χ1v) is 10.7. The Balaban J connectivity index is 1.21. The van der Waals surface area contributed by atoms with Crippen LogP contribution in [0.5, 0.6) is 0 Å². The predicted octanol–water partition coefficient (Wildman–Crippen LogP) is 4.71. The van der Waals surface area contributed by atoms with E-state index in [1.54, 1.807) is 18.2 Å². The van der Waals surface area contributed by atoms with Gasteiger partial charge in [-0.2, -0.15) is 0 Å². The number of para-hydroxylation sites is 2. The molecule has 1 N–H and O–H groups in total. The van der Waals surface area contributed by atoms with Gasteiger partial charge in [0.25, 0.3) is 5.69 Å². The number of ether oxygens (including phenoxy) is 1. The number of amides is 1. The van der Waals surface area contributed by atoms with Crippen LogP contribution in [0.25, 0.3) is 11.1 Å². The third-order valence-corrected chi connectivity index (χ3v) is 6.27. The zero-order valence-corrected chi connectivity index (χ0v) is 17.4. The Hall–Kier alpha value is -3.87. The number of nitrogens with zero attached hydrogens (tertiary/aromatic N) is 2. The number of nitro benzene ring substituents is 1. The topological polar surface area (TPSA) is 84.7 Å². The van der Waals surface area contributed by atoms with Crippen molar-refractivity contribution in [2.24, 2.45) is 0 Å². The van der Waals surface area contributed by atoms with E-state index in [1.807, 2.05) is 29.2 Å². The van der Waals surface area contributed by atoms with E-state index in [-0.39, 0.29) is 29.2 Å². The summed E-state index contributed by atoms with van der Waals surface area (Å²) in [6, 6.07) is 23.0. The summed E-state index contributed by atoms with van der Waals surface area (Å²) in [5.41, 5.74) is 5.37. The van der Waals surface area contributed by atoms with Gasteiger partial charge in [0.15, 0.2) is 0 Å². The van der Waals surface area contributed by atoms with Crippen molar-refractivity contribution in [3.05, 3.63) is 94.0 Å². The Kier molecular flexibility index (Phi) is 5.23. The van der Waals surface area contributed by atoms with E-state index in [4.69, 9.17) is 4.74 Å². The molecule has 162 valence electrons. The minimum absolute atomic E-state index is 0.0141. The van der Waals surface area contributed by atoms with Crippen LogP contribution < -0.4 is 10.2 Å². The molecule has 32 heavy (non-hydrogen) atoms. The molecule has 0 aromatic heterocycles. The minimum Gasteiger partial charge on any atom is -0.449 e. The molecule has 1 atom stereocenters. The Morgan fingerprint density at radius 1 is 1.00 bits per heavy atom. The van der Waals surface area contributed by atoms with Gasteiger partial charge in [-0.05, 0) is 34.7 Å². The molecule has 1 aliphatic heterocycles. The molecule has 1 fully saturated rings. The number of nitro groups is 1. The lowest BCUT2D eigenvalue weighted by Crippen LogP contribution is -2.38. The van der Waals surface area contributed by atoms with Gasteiger partial charge in [0.1, 0.15) is 12.3 Å². The van der Waals surface area contributed by atoms with Crippen molar-refractivity contribution in [3.63, 3.8) is 0 Å². The summed E-state index contributed by atoms with van der Waals surface area (Å²) in [6.07, 6.45) is 0.247. The van der Waals surface area contributed by atoms with Gasteiger partial charge >= 0.3 is 6.09 Å². The first kappa shape index (κ1) is 20.1. The molecular formula is C25H23N3O4. The number of nitrogens with one attached hydrogen (secondary N) is 1. The number of hydrogen-bond donors (Lipinski definition) is 1. The van der Waals surface area contributed by atoms with Gasteiger partial charge in [-0.1, -0.05) is 60.7 Å². The fourth-order valence-corrected chi connectivity index (χ4v) is 4.79. The molecular weight excluding hydrogens is 406 g/mol. The molecule has 0 radical (unpaired) electrons. The Labute approximate surface area is 185 Å². The molecule has 5 rings (SSSR count). The van der Waals surface area contributed by atoms with Crippen LogP contribution in [-0.4, -0.2) is 36.8 Å². The predicted molar refractivity (Wildman–Crippen MR) is 122 cm³/mol. The average molecular weight is 429 g/mol. The quantitative estimate of drug-likeness (QED) is 0.469. The second kappa shape index (κ2) is 8.34. The van der Waals surface area contributed by atoms with E-state index in [0.717, 1.165) is 0 Å². The maximum Gasteiger partial charge on any atom is 0.407 e.